The van der Waals surface area contributed by atoms with Crippen molar-refractivity contribution in [2.75, 3.05) is 26.3 Å². The molecule has 1 aliphatic rings. The summed E-state index contributed by atoms with van der Waals surface area (Å²) in [7, 11) is 0. The molecule has 0 radical (unpaired) electrons. The lowest BCUT2D eigenvalue weighted by molar-refractivity contribution is 0.0303. The Morgan fingerprint density at radius 2 is 2.05 bits per heavy atom. The zero-order chi connectivity index (χ0) is 14.1. The quantitative estimate of drug-likeness (QED) is 0.889. The molecule has 1 aromatic carbocycles. The average molecular weight is 291 g/mol. The molecule has 1 saturated heterocycles. The third kappa shape index (κ3) is 2.37. The Morgan fingerprint density at radius 1 is 1.30 bits per heavy atom. The predicted molar refractivity (Wildman–Crippen MR) is 74.9 cm³/mol. The van der Waals surface area contributed by atoms with Gasteiger partial charge in [0.25, 0.3) is 11.8 Å². The van der Waals surface area contributed by atoms with E-state index in [0.717, 1.165) is 4.70 Å². The van der Waals surface area contributed by atoms with Gasteiger partial charge in [-0.1, -0.05) is 0 Å². The van der Waals surface area contributed by atoms with Crippen molar-refractivity contribution < 1.29 is 14.3 Å². The van der Waals surface area contributed by atoms with E-state index in [0.29, 0.717) is 37.4 Å². The number of rotatable bonds is 2. The fourth-order valence-corrected chi connectivity index (χ4v) is 2.97. The number of benzene rings is 1. The Bertz CT molecular complexity index is 677. The molecule has 2 N–H and O–H groups in total. The zero-order valence-electron chi connectivity index (χ0n) is 10.7. The largest absolute Gasteiger partial charge is 0.378 e. The highest BCUT2D eigenvalue weighted by Crippen LogP contribution is 2.23. The van der Waals surface area contributed by atoms with Crippen LogP contribution in [-0.4, -0.2) is 48.0 Å². The molecule has 20 heavy (non-hydrogen) atoms. The molecule has 1 aliphatic heterocycles. The Morgan fingerprint density at radius 3 is 2.75 bits per heavy atom. The molecule has 1 aromatic heterocycles. The smallest absolute Gasteiger partial charge is 0.277 e. The number of thiazole rings is 1. The van der Waals surface area contributed by atoms with E-state index in [2.05, 4.69) is 4.98 Å². The molecule has 3 rings (SSSR count). The van der Waals surface area contributed by atoms with Gasteiger partial charge >= 0.3 is 0 Å². The van der Waals surface area contributed by atoms with Crippen LogP contribution in [-0.2, 0) is 4.74 Å². The maximum atomic E-state index is 12.3. The summed E-state index contributed by atoms with van der Waals surface area (Å²) in [6.07, 6.45) is 0. The van der Waals surface area contributed by atoms with Crippen LogP contribution in [0.3, 0.4) is 0 Å². The van der Waals surface area contributed by atoms with Crippen molar-refractivity contribution in [3.63, 3.8) is 0 Å². The van der Waals surface area contributed by atoms with Crippen molar-refractivity contribution in [1.29, 1.82) is 0 Å². The molecular weight excluding hydrogens is 278 g/mol. The van der Waals surface area contributed by atoms with Gasteiger partial charge in [0.05, 0.1) is 23.4 Å². The SMILES string of the molecule is NC(=O)c1nc2ccc(C(=O)N3CCOCC3)cc2s1. The van der Waals surface area contributed by atoms with E-state index in [9.17, 15) is 9.59 Å². The average Bonchev–Trinajstić information content (AvgIpc) is 2.90. The van der Waals surface area contributed by atoms with Gasteiger partial charge < -0.3 is 15.4 Å². The summed E-state index contributed by atoms with van der Waals surface area (Å²) in [5, 5.41) is 0.260. The van der Waals surface area contributed by atoms with Crippen LogP contribution in [0.1, 0.15) is 20.2 Å². The normalized spacial score (nSPS) is 15.5. The van der Waals surface area contributed by atoms with E-state index in [1.165, 1.54) is 11.3 Å². The maximum absolute atomic E-state index is 12.3. The summed E-state index contributed by atoms with van der Waals surface area (Å²) in [4.78, 5) is 29.4. The predicted octanol–water partition coefficient (Wildman–Crippen LogP) is 0.868. The van der Waals surface area contributed by atoms with E-state index in [-0.39, 0.29) is 10.9 Å². The van der Waals surface area contributed by atoms with Crippen LogP contribution in [0.25, 0.3) is 10.2 Å². The van der Waals surface area contributed by atoms with E-state index in [1.807, 2.05) is 0 Å². The van der Waals surface area contributed by atoms with Crippen LogP contribution in [0.2, 0.25) is 0 Å². The number of hydrogen-bond donors (Lipinski definition) is 1. The van der Waals surface area contributed by atoms with Crippen LogP contribution < -0.4 is 5.73 Å². The minimum absolute atomic E-state index is 0.0239. The second-order valence-electron chi connectivity index (χ2n) is 4.47. The molecule has 0 atom stereocenters. The second kappa shape index (κ2) is 5.18. The van der Waals surface area contributed by atoms with E-state index in [1.54, 1.807) is 23.1 Å². The molecule has 7 heteroatoms. The number of aromatic nitrogens is 1. The fraction of sp³-hybridized carbons (Fsp3) is 0.308. The van der Waals surface area contributed by atoms with Crippen LogP contribution in [0.5, 0.6) is 0 Å². The van der Waals surface area contributed by atoms with Gasteiger partial charge in [0.1, 0.15) is 0 Å². The van der Waals surface area contributed by atoms with Crippen LogP contribution >= 0.6 is 11.3 Å². The molecule has 2 heterocycles. The molecule has 104 valence electrons. The first-order chi connectivity index (χ1) is 9.65. The number of primary amides is 1. The summed E-state index contributed by atoms with van der Waals surface area (Å²) >= 11 is 1.20. The molecule has 1 fully saturated rings. The molecule has 0 bridgehead atoms. The van der Waals surface area contributed by atoms with Crippen LogP contribution in [0, 0.1) is 0 Å². The molecule has 0 saturated carbocycles. The van der Waals surface area contributed by atoms with Gasteiger partial charge in [0.15, 0.2) is 5.01 Å². The van der Waals surface area contributed by atoms with E-state index in [4.69, 9.17) is 10.5 Å². The van der Waals surface area contributed by atoms with Crippen molar-refractivity contribution in [2.45, 2.75) is 0 Å². The van der Waals surface area contributed by atoms with Crippen molar-refractivity contribution in [3.8, 4) is 0 Å². The zero-order valence-corrected chi connectivity index (χ0v) is 11.5. The van der Waals surface area contributed by atoms with Gasteiger partial charge in [-0.15, -0.1) is 11.3 Å². The highest BCUT2D eigenvalue weighted by Gasteiger charge is 2.19. The van der Waals surface area contributed by atoms with Crippen LogP contribution in [0.15, 0.2) is 18.2 Å². The van der Waals surface area contributed by atoms with Crippen molar-refractivity contribution in [3.05, 3.63) is 28.8 Å². The molecule has 2 aromatic rings. The van der Waals surface area contributed by atoms with Gasteiger partial charge in [-0.2, -0.15) is 0 Å². The van der Waals surface area contributed by atoms with Crippen molar-refractivity contribution >= 4 is 33.4 Å². The summed E-state index contributed by atoms with van der Waals surface area (Å²) in [6.45, 7) is 2.35. The van der Waals surface area contributed by atoms with Gasteiger partial charge in [0.2, 0.25) is 0 Å². The lowest BCUT2D eigenvalue weighted by Gasteiger charge is -2.26. The maximum Gasteiger partial charge on any atom is 0.277 e. The minimum atomic E-state index is -0.549. The monoisotopic (exact) mass is 291 g/mol. The second-order valence-corrected chi connectivity index (χ2v) is 5.50. The lowest BCUT2D eigenvalue weighted by atomic mass is 10.2. The number of fused-ring (bicyclic) bond motifs is 1. The standard InChI is InChI=1S/C13H13N3O3S/c14-11(17)12-15-9-2-1-8(7-10(9)20-12)13(18)16-3-5-19-6-4-16/h1-2,7H,3-6H2,(H2,14,17). The number of hydrogen-bond acceptors (Lipinski definition) is 5. The highest BCUT2D eigenvalue weighted by molar-refractivity contribution is 7.20. The molecule has 2 amide bonds. The van der Waals surface area contributed by atoms with Crippen molar-refractivity contribution in [2.24, 2.45) is 5.73 Å². The van der Waals surface area contributed by atoms with Crippen LogP contribution in [0.4, 0.5) is 0 Å². The number of nitrogens with zero attached hydrogens (tertiary/aromatic N) is 2. The van der Waals surface area contributed by atoms with Gasteiger partial charge in [-0.3, -0.25) is 9.59 Å². The first-order valence-electron chi connectivity index (χ1n) is 6.22. The number of ether oxygens (including phenoxy) is 1. The van der Waals surface area contributed by atoms with Gasteiger partial charge in [0, 0.05) is 18.7 Å². The van der Waals surface area contributed by atoms with Gasteiger partial charge in [-0.05, 0) is 18.2 Å². The molecular formula is C13H13N3O3S. The summed E-state index contributed by atoms with van der Waals surface area (Å²) in [6, 6.07) is 5.23. The summed E-state index contributed by atoms with van der Waals surface area (Å²) < 4.78 is 6.02. The third-order valence-corrected chi connectivity index (χ3v) is 4.18. The molecule has 6 nitrogen and oxygen atoms in total. The van der Waals surface area contributed by atoms with E-state index >= 15 is 0 Å². The number of carbonyl (C=O) groups is 2. The van der Waals surface area contributed by atoms with Crippen molar-refractivity contribution in [1.82, 2.24) is 9.88 Å². The lowest BCUT2D eigenvalue weighted by Crippen LogP contribution is -2.40. The Labute approximate surface area is 119 Å². The number of amides is 2. The fourth-order valence-electron chi connectivity index (χ4n) is 2.11. The summed E-state index contributed by atoms with van der Waals surface area (Å²) in [5.41, 5.74) is 6.49. The molecule has 0 aliphatic carbocycles. The third-order valence-electron chi connectivity index (χ3n) is 3.14. The number of nitrogens with two attached hydrogens (primary N) is 1. The Kier molecular flexibility index (Phi) is 3.37. The highest BCUT2D eigenvalue weighted by atomic mass is 32.1. The first-order valence-corrected chi connectivity index (χ1v) is 7.04. The summed E-state index contributed by atoms with van der Waals surface area (Å²) in [5.74, 6) is -0.573. The molecule has 0 spiro atoms. The Hall–Kier alpha value is -1.99. The molecule has 0 unspecified atom stereocenters. The van der Waals surface area contributed by atoms with E-state index < -0.39 is 5.91 Å². The first kappa shape index (κ1) is 13.0. The minimum Gasteiger partial charge on any atom is -0.378 e. The topological polar surface area (TPSA) is 85.5 Å². The van der Waals surface area contributed by atoms with Gasteiger partial charge in [-0.25, -0.2) is 4.98 Å². The number of carbonyl (C=O) groups excluding carboxylic acids is 2. The number of morpholine rings is 1. The Balaban J connectivity index is 1.91.